The topological polar surface area (TPSA) is 111 Å². The average molecular weight is 477 g/mol. The van der Waals surface area contributed by atoms with Crippen LogP contribution in [0.5, 0.6) is 0 Å². The van der Waals surface area contributed by atoms with E-state index in [0.29, 0.717) is 27.5 Å². The lowest BCUT2D eigenvalue weighted by molar-refractivity contribution is -0.145. The van der Waals surface area contributed by atoms with Crippen LogP contribution in [0.2, 0.25) is 0 Å². The summed E-state index contributed by atoms with van der Waals surface area (Å²) in [5.74, 6) is -1.16. The number of hydrogen-bond acceptors (Lipinski definition) is 9. The molecule has 0 aliphatic rings. The highest BCUT2D eigenvalue weighted by atomic mass is 32.2. The molecule has 0 saturated heterocycles. The number of amides is 2. The number of carbonyl (C=O) groups is 4. The van der Waals surface area contributed by atoms with Gasteiger partial charge in [-0.2, -0.15) is 23.5 Å². The fraction of sp³-hybridized carbons (Fsp3) is 0.579. The van der Waals surface area contributed by atoms with Gasteiger partial charge < -0.3 is 20.1 Å². The minimum absolute atomic E-state index is 0.221. The second-order valence-corrected chi connectivity index (χ2v) is 8.77. The van der Waals surface area contributed by atoms with Crippen molar-refractivity contribution >= 4 is 58.6 Å². The first-order valence-corrected chi connectivity index (χ1v) is 13.0. The van der Waals surface area contributed by atoms with Crippen molar-refractivity contribution in [3.05, 3.63) is 21.4 Å². The molecule has 0 bridgehead atoms. The van der Waals surface area contributed by atoms with Crippen molar-refractivity contribution in [2.45, 2.75) is 32.9 Å². The maximum Gasteiger partial charge on any atom is 0.329 e. The van der Waals surface area contributed by atoms with Gasteiger partial charge in [0.2, 0.25) is 0 Å². The van der Waals surface area contributed by atoms with Gasteiger partial charge in [0.15, 0.2) is 0 Å². The van der Waals surface area contributed by atoms with E-state index in [1.165, 1.54) is 23.5 Å². The van der Waals surface area contributed by atoms with E-state index in [1.807, 2.05) is 12.5 Å². The van der Waals surface area contributed by atoms with Crippen LogP contribution in [0.4, 0.5) is 0 Å². The van der Waals surface area contributed by atoms with Gasteiger partial charge in [0.1, 0.15) is 12.1 Å². The van der Waals surface area contributed by atoms with E-state index in [0.717, 1.165) is 11.3 Å². The molecular formula is C19H28N2O6S3. The Morgan fingerprint density at radius 3 is 1.83 bits per heavy atom. The molecule has 168 valence electrons. The standard InChI is InChI=1S/C19H28N2O6S3/c1-6-26-18(24)13(9-28-4)20-16(22)12-8-30-15(11(12)3)17(23)21-14(10-29-5)19(25)27-7-2/h8,13-14H,6-7,9-10H2,1-5H3,(H,20,22)(H,21,23). The Hall–Kier alpha value is -1.72. The van der Waals surface area contributed by atoms with Crippen LogP contribution in [0, 0.1) is 6.92 Å². The Morgan fingerprint density at radius 2 is 1.40 bits per heavy atom. The van der Waals surface area contributed by atoms with E-state index in [-0.39, 0.29) is 13.2 Å². The molecule has 11 heteroatoms. The van der Waals surface area contributed by atoms with Gasteiger partial charge in [-0.25, -0.2) is 9.59 Å². The third-order valence-electron chi connectivity index (χ3n) is 3.91. The van der Waals surface area contributed by atoms with Crippen molar-refractivity contribution in [2.75, 3.05) is 37.2 Å². The molecule has 0 aliphatic heterocycles. The molecular weight excluding hydrogens is 448 g/mol. The summed E-state index contributed by atoms with van der Waals surface area (Å²) in [4.78, 5) is 49.8. The smallest absolute Gasteiger partial charge is 0.329 e. The van der Waals surface area contributed by atoms with Gasteiger partial charge >= 0.3 is 11.9 Å². The highest BCUT2D eigenvalue weighted by molar-refractivity contribution is 7.98. The first-order valence-electron chi connectivity index (χ1n) is 9.31. The minimum Gasteiger partial charge on any atom is -0.464 e. The number of esters is 2. The quantitative estimate of drug-likeness (QED) is 0.441. The fourth-order valence-corrected chi connectivity index (χ4v) is 4.56. The summed E-state index contributed by atoms with van der Waals surface area (Å²) in [6.07, 6.45) is 3.65. The van der Waals surface area contributed by atoms with Crippen LogP contribution in [0.3, 0.4) is 0 Å². The van der Waals surface area contributed by atoms with E-state index < -0.39 is 35.8 Å². The summed E-state index contributed by atoms with van der Waals surface area (Å²) < 4.78 is 10.0. The summed E-state index contributed by atoms with van der Waals surface area (Å²) >= 11 is 3.93. The van der Waals surface area contributed by atoms with E-state index in [4.69, 9.17) is 9.47 Å². The van der Waals surface area contributed by atoms with Gasteiger partial charge in [-0.15, -0.1) is 11.3 Å². The van der Waals surface area contributed by atoms with Crippen LogP contribution in [0.1, 0.15) is 39.4 Å². The molecule has 0 aliphatic carbocycles. The number of thioether (sulfide) groups is 2. The van der Waals surface area contributed by atoms with Crippen molar-refractivity contribution in [1.82, 2.24) is 10.6 Å². The van der Waals surface area contributed by atoms with Gasteiger partial charge in [-0.1, -0.05) is 0 Å². The third kappa shape index (κ3) is 7.51. The van der Waals surface area contributed by atoms with Crippen molar-refractivity contribution in [3.63, 3.8) is 0 Å². The SMILES string of the molecule is CCOC(=O)C(CSC)NC(=O)c1csc(C(=O)NC(CSC)C(=O)OCC)c1C. The first kappa shape index (κ1) is 26.3. The predicted molar refractivity (Wildman–Crippen MR) is 122 cm³/mol. The maximum atomic E-state index is 12.7. The molecule has 0 radical (unpaired) electrons. The summed E-state index contributed by atoms with van der Waals surface area (Å²) in [5, 5.41) is 6.91. The fourth-order valence-electron chi connectivity index (χ4n) is 2.48. The normalized spacial score (nSPS) is 12.6. The monoisotopic (exact) mass is 476 g/mol. The summed E-state index contributed by atoms with van der Waals surface area (Å²) in [6, 6.07) is -1.56. The third-order valence-corrected chi connectivity index (χ3v) is 6.32. The molecule has 1 heterocycles. The van der Waals surface area contributed by atoms with Crippen molar-refractivity contribution in [1.29, 1.82) is 0 Å². The molecule has 1 aromatic heterocycles. The summed E-state index contributed by atoms with van der Waals surface area (Å²) in [5.41, 5.74) is 0.784. The van der Waals surface area contributed by atoms with Gasteiger partial charge in [0.05, 0.1) is 23.7 Å². The highest BCUT2D eigenvalue weighted by Gasteiger charge is 2.27. The molecule has 0 fully saturated rings. The zero-order chi connectivity index (χ0) is 22.7. The lowest BCUT2D eigenvalue weighted by atomic mass is 10.1. The van der Waals surface area contributed by atoms with Crippen LogP contribution >= 0.6 is 34.9 Å². The predicted octanol–water partition coefficient (Wildman–Crippen LogP) is 2.11. The van der Waals surface area contributed by atoms with E-state index in [2.05, 4.69) is 10.6 Å². The summed E-state index contributed by atoms with van der Waals surface area (Å²) in [6.45, 7) is 5.50. The molecule has 0 saturated carbocycles. The van der Waals surface area contributed by atoms with Gasteiger partial charge in [0, 0.05) is 16.9 Å². The minimum atomic E-state index is -0.779. The van der Waals surface area contributed by atoms with Gasteiger partial charge in [0.25, 0.3) is 11.8 Å². The second kappa shape index (κ2) is 13.6. The largest absolute Gasteiger partial charge is 0.464 e. The van der Waals surface area contributed by atoms with Crippen LogP contribution in [-0.2, 0) is 19.1 Å². The molecule has 30 heavy (non-hydrogen) atoms. The Balaban J connectivity index is 2.94. The van der Waals surface area contributed by atoms with Gasteiger partial charge in [-0.05, 0) is 38.8 Å². The van der Waals surface area contributed by atoms with Crippen LogP contribution in [0.25, 0.3) is 0 Å². The number of ether oxygens (including phenoxy) is 2. The van der Waals surface area contributed by atoms with Crippen molar-refractivity contribution in [3.8, 4) is 0 Å². The molecule has 2 unspecified atom stereocenters. The number of hydrogen-bond donors (Lipinski definition) is 2. The Morgan fingerprint density at radius 1 is 0.933 bits per heavy atom. The zero-order valence-corrected chi connectivity index (χ0v) is 20.2. The maximum absolute atomic E-state index is 12.7. The molecule has 0 spiro atoms. The van der Waals surface area contributed by atoms with Crippen LogP contribution in [0.15, 0.2) is 5.38 Å². The van der Waals surface area contributed by atoms with Crippen molar-refractivity contribution < 1.29 is 28.7 Å². The van der Waals surface area contributed by atoms with E-state index in [1.54, 1.807) is 26.2 Å². The van der Waals surface area contributed by atoms with Crippen LogP contribution < -0.4 is 10.6 Å². The molecule has 1 aromatic rings. The lowest BCUT2D eigenvalue weighted by Gasteiger charge is -2.17. The van der Waals surface area contributed by atoms with E-state index in [9.17, 15) is 19.2 Å². The molecule has 8 nitrogen and oxygen atoms in total. The molecule has 2 N–H and O–H groups in total. The molecule has 0 aromatic carbocycles. The number of carbonyl (C=O) groups excluding carboxylic acids is 4. The van der Waals surface area contributed by atoms with E-state index >= 15 is 0 Å². The lowest BCUT2D eigenvalue weighted by Crippen LogP contribution is -2.44. The first-order chi connectivity index (χ1) is 14.3. The Kier molecular flexibility index (Phi) is 11.9. The molecule has 2 atom stereocenters. The number of nitrogens with one attached hydrogen (secondary N) is 2. The average Bonchev–Trinajstić information content (AvgIpc) is 3.09. The van der Waals surface area contributed by atoms with Gasteiger partial charge in [-0.3, -0.25) is 9.59 Å². The second-order valence-electron chi connectivity index (χ2n) is 6.07. The Labute approximate surface area is 189 Å². The zero-order valence-electron chi connectivity index (χ0n) is 17.7. The van der Waals surface area contributed by atoms with Crippen molar-refractivity contribution in [2.24, 2.45) is 0 Å². The summed E-state index contributed by atoms with van der Waals surface area (Å²) in [7, 11) is 0. The number of thiophene rings is 1. The molecule has 1 rings (SSSR count). The van der Waals surface area contributed by atoms with Crippen LogP contribution in [-0.4, -0.2) is 73.1 Å². The Bertz CT molecular complexity index is 693. The highest BCUT2D eigenvalue weighted by Crippen LogP contribution is 2.22. The molecule has 2 amide bonds. The number of rotatable bonds is 12.